The van der Waals surface area contributed by atoms with E-state index in [9.17, 15) is 18.8 Å². The molecule has 1 heterocycles. The molecule has 35 heavy (non-hydrogen) atoms. The molecule has 0 radical (unpaired) electrons. The largest absolute Gasteiger partial charge is 0.496 e. The molecule has 1 aliphatic heterocycles. The van der Waals surface area contributed by atoms with E-state index in [-0.39, 0.29) is 11.4 Å². The van der Waals surface area contributed by atoms with E-state index in [0.29, 0.717) is 29.0 Å². The van der Waals surface area contributed by atoms with E-state index in [0.717, 1.165) is 25.2 Å². The van der Waals surface area contributed by atoms with Gasteiger partial charge in [0, 0.05) is 15.6 Å². The molecule has 3 aromatic carbocycles. The number of hydrogen-bond donors (Lipinski definition) is 1. The van der Waals surface area contributed by atoms with Crippen molar-refractivity contribution in [2.75, 3.05) is 12.0 Å². The molecule has 0 bridgehead atoms. The number of nitrogens with zero attached hydrogens (tertiary/aromatic N) is 1. The summed E-state index contributed by atoms with van der Waals surface area (Å²) in [6, 6.07) is 14.6. The Morgan fingerprint density at radius 1 is 1.06 bits per heavy atom. The first-order valence-corrected chi connectivity index (χ1v) is 11.9. The summed E-state index contributed by atoms with van der Waals surface area (Å²) in [6.07, 6.45) is 1.75. The lowest BCUT2D eigenvalue weighted by Crippen LogP contribution is -2.54. The van der Waals surface area contributed by atoms with Crippen molar-refractivity contribution < 1.29 is 23.5 Å². The molecule has 4 rings (SSSR count). The van der Waals surface area contributed by atoms with E-state index < -0.39 is 17.8 Å². The highest BCUT2D eigenvalue weighted by Gasteiger charge is 2.37. The summed E-state index contributed by atoms with van der Waals surface area (Å²) < 4.78 is 20.5. The van der Waals surface area contributed by atoms with Crippen molar-refractivity contribution in [3.8, 4) is 5.75 Å². The maximum absolute atomic E-state index is 14.2. The zero-order valence-corrected chi connectivity index (χ0v) is 21.5. The molecular weight excluding hydrogens is 562 g/mol. The summed E-state index contributed by atoms with van der Waals surface area (Å²) in [7, 11) is 1.51. The van der Waals surface area contributed by atoms with Crippen LogP contribution in [-0.4, -0.2) is 25.0 Å². The number of carbonyl (C=O) groups excluding carboxylic acids is 3. The van der Waals surface area contributed by atoms with Crippen molar-refractivity contribution in [3.05, 3.63) is 97.4 Å². The number of imide groups is 2. The molecule has 8 heteroatoms. The van der Waals surface area contributed by atoms with E-state index in [2.05, 4.69) is 27.9 Å². The van der Waals surface area contributed by atoms with Gasteiger partial charge in [0.2, 0.25) is 0 Å². The third kappa shape index (κ3) is 4.97. The lowest BCUT2D eigenvalue weighted by atomic mass is 10.00. The molecule has 0 unspecified atom stereocenters. The minimum absolute atomic E-state index is 0.176. The summed E-state index contributed by atoms with van der Waals surface area (Å²) >= 11 is 2.12. The quantitative estimate of drug-likeness (QED) is 0.251. The van der Waals surface area contributed by atoms with Crippen LogP contribution in [0.2, 0.25) is 0 Å². The first kappa shape index (κ1) is 24.6. The molecule has 4 amide bonds. The molecule has 0 aliphatic carbocycles. The third-order valence-corrected chi connectivity index (χ3v) is 6.70. The second-order valence-corrected chi connectivity index (χ2v) is 9.36. The topological polar surface area (TPSA) is 75.7 Å². The van der Waals surface area contributed by atoms with E-state index in [1.165, 1.54) is 19.3 Å². The van der Waals surface area contributed by atoms with Gasteiger partial charge in [-0.2, -0.15) is 0 Å². The molecule has 1 aliphatic rings. The number of carbonyl (C=O) groups is 3. The summed E-state index contributed by atoms with van der Waals surface area (Å²) in [5.41, 5.74) is 3.69. The van der Waals surface area contributed by atoms with Crippen LogP contribution in [-0.2, 0) is 16.0 Å². The van der Waals surface area contributed by atoms with Crippen molar-refractivity contribution >= 4 is 52.2 Å². The van der Waals surface area contributed by atoms with Gasteiger partial charge in [0.25, 0.3) is 11.8 Å². The number of ether oxygens (including phenoxy) is 1. The monoisotopic (exact) mass is 584 g/mol. The van der Waals surface area contributed by atoms with Crippen molar-refractivity contribution in [2.24, 2.45) is 0 Å². The number of aryl methyl sites for hydroxylation is 2. The first-order valence-electron chi connectivity index (χ1n) is 10.8. The van der Waals surface area contributed by atoms with Crippen LogP contribution in [0.4, 0.5) is 14.9 Å². The van der Waals surface area contributed by atoms with Gasteiger partial charge in [0.1, 0.15) is 17.1 Å². The Morgan fingerprint density at radius 3 is 2.51 bits per heavy atom. The molecular formula is C27H22FIN2O4. The summed E-state index contributed by atoms with van der Waals surface area (Å²) in [5, 5.41) is 2.25. The Balaban J connectivity index is 1.73. The molecule has 178 valence electrons. The van der Waals surface area contributed by atoms with Crippen molar-refractivity contribution in [1.82, 2.24) is 5.32 Å². The number of hydrogen-bond acceptors (Lipinski definition) is 4. The van der Waals surface area contributed by atoms with Crippen LogP contribution >= 0.6 is 22.6 Å². The summed E-state index contributed by atoms with van der Waals surface area (Å²) in [5.74, 6) is -1.29. The van der Waals surface area contributed by atoms with Gasteiger partial charge >= 0.3 is 6.03 Å². The third-order valence-electron chi connectivity index (χ3n) is 5.74. The van der Waals surface area contributed by atoms with Gasteiger partial charge in [-0.1, -0.05) is 30.3 Å². The molecule has 6 nitrogen and oxygen atoms in total. The van der Waals surface area contributed by atoms with E-state index in [1.54, 1.807) is 43.3 Å². The number of benzene rings is 3. The molecule has 0 aromatic heterocycles. The maximum atomic E-state index is 14.2. The van der Waals surface area contributed by atoms with Crippen LogP contribution in [0.3, 0.4) is 0 Å². The molecule has 0 atom stereocenters. The van der Waals surface area contributed by atoms with Crippen molar-refractivity contribution in [1.29, 1.82) is 0 Å². The lowest BCUT2D eigenvalue weighted by molar-refractivity contribution is -0.122. The van der Waals surface area contributed by atoms with Crippen LogP contribution in [0.15, 0.2) is 60.2 Å². The van der Waals surface area contributed by atoms with Crippen LogP contribution in [0.5, 0.6) is 5.75 Å². The Bertz CT molecular complexity index is 1400. The van der Waals surface area contributed by atoms with Crippen LogP contribution in [0, 0.1) is 23.2 Å². The Labute approximate surface area is 215 Å². The molecule has 1 saturated heterocycles. The highest BCUT2D eigenvalue weighted by Crippen LogP contribution is 2.31. The zero-order valence-electron chi connectivity index (χ0n) is 19.3. The van der Waals surface area contributed by atoms with Gasteiger partial charge in [-0.25, -0.2) is 14.1 Å². The Kier molecular flexibility index (Phi) is 7.02. The highest BCUT2D eigenvalue weighted by molar-refractivity contribution is 14.1. The van der Waals surface area contributed by atoms with Crippen LogP contribution < -0.4 is 15.0 Å². The summed E-state index contributed by atoms with van der Waals surface area (Å²) in [4.78, 5) is 39.5. The van der Waals surface area contributed by atoms with Crippen molar-refractivity contribution in [2.45, 2.75) is 20.3 Å². The highest BCUT2D eigenvalue weighted by atomic mass is 127. The number of methoxy groups -OCH3 is 1. The minimum Gasteiger partial charge on any atom is -0.496 e. The molecule has 0 spiro atoms. The van der Waals surface area contributed by atoms with Gasteiger partial charge in [0.15, 0.2) is 0 Å². The van der Waals surface area contributed by atoms with Gasteiger partial charge in [-0.3, -0.25) is 14.9 Å². The van der Waals surface area contributed by atoms with E-state index in [4.69, 9.17) is 4.74 Å². The summed E-state index contributed by atoms with van der Waals surface area (Å²) in [6.45, 7) is 3.64. The van der Waals surface area contributed by atoms with Gasteiger partial charge in [-0.15, -0.1) is 0 Å². The number of barbiturate groups is 1. The minimum atomic E-state index is -0.793. The van der Waals surface area contributed by atoms with Gasteiger partial charge in [-0.05, 0) is 89.0 Å². The first-order chi connectivity index (χ1) is 16.7. The van der Waals surface area contributed by atoms with E-state index in [1.807, 2.05) is 19.1 Å². The normalized spacial score (nSPS) is 14.9. The van der Waals surface area contributed by atoms with Gasteiger partial charge < -0.3 is 4.74 Å². The van der Waals surface area contributed by atoms with Crippen molar-refractivity contribution in [3.63, 3.8) is 0 Å². The molecule has 0 saturated carbocycles. The second-order valence-electron chi connectivity index (χ2n) is 8.20. The SMILES string of the molecule is COc1cc(/C=C2\C(=O)NC(=O)N(c3cc(C)ccc3C)C2=O)cc(I)c1Cc1ccccc1F. The Morgan fingerprint density at radius 2 is 1.80 bits per heavy atom. The average molecular weight is 584 g/mol. The van der Waals surface area contributed by atoms with Crippen LogP contribution in [0.1, 0.15) is 27.8 Å². The number of urea groups is 1. The number of amides is 4. The van der Waals surface area contributed by atoms with E-state index >= 15 is 0 Å². The Hall–Kier alpha value is -3.53. The molecule has 1 N–H and O–H groups in total. The fourth-order valence-corrected chi connectivity index (χ4v) is 4.72. The zero-order chi connectivity index (χ0) is 25.3. The lowest BCUT2D eigenvalue weighted by Gasteiger charge is -2.28. The average Bonchev–Trinajstić information content (AvgIpc) is 2.81. The number of anilines is 1. The smallest absolute Gasteiger partial charge is 0.335 e. The predicted octanol–water partition coefficient (Wildman–Crippen LogP) is 5.31. The molecule has 1 fully saturated rings. The van der Waals surface area contributed by atoms with Crippen LogP contribution in [0.25, 0.3) is 6.08 Å². The number of rotatable bonds is 5. The number of nitrogens with one attached hydrogen (secondary N) is 1. The fourth-order valence-electron chi connectivity index (χ4n) is 3.90. The standard InChI is InChI=1S/C27H22FIN2O4/c1-15-8-9-16(2)23(10-15)31-26(33)20(25(32)30-27(31)34)11-17-12-22(29)19(24(13-17)35-3)14-18-6-4-5-7-21(18)28/h4-13H,14H2,1-3H3,(H,30,32,34)/b20-11+. The maximum Gasteiger partial charge on any atom is 0.335 e. The van der Waals surface area contributed by atoms with Gasteiger partial charge in [0.05, 0.1) is 12.8 Å². The number of halogens is 2. The molecule has 3 aromatic rings. The predicted molar refractivity (Wildman–Crippen MR) is 140 cm³/mol. The fraction of sp³-hybridized carbons (Fsp3) is 0.148. The second kappa shape index (κ2) is 9.99.